The maximum atomic E-state index is 11.2. The number of rotatable bonds is 4. The first-order valence-electron chi connectivity index (χ1n) is 11.7. The zero-order valence-electron chi connectivity index (χ0n) is 17.9. The van der Waals surface area contributed by atoms with Crippen LogP contribution in [0.3, 0.4) is 0 Å². The van der Waals surface area contributed by atoms with Crippen molar-refractivity contribution in [3.05, 3.63) is 0 Å². The number of carbonyl (C=O) groups is 1. The van der Waals surface area contributed by atoms with Gasteiger partial charge in [0.2, 0.25) is 0 Å². The molecule has 1 unspecified atom stereocenters. The molecule has 4 saturated carbocycles. The highest BCUT2D eigenvalue weighted by molar-refractivity contribution is 5.66. The number of aliphatic hydroxyl groups is 2. The Morgan fingerprint density at radius 3 is 2.39 bits per heavy atom. The molecule has 0 saturated heterocycles. The van der Waals surface area contributed by atoms with Crippen molar-refractivity contribution in [1.82, 2.24) is 0 Å². The third-order valence-electron chi connectivity index (χ3n) is 10.2. The van der Waals surface area contributed by atoms with Gasteiger partial charge in [-0.15, -0.1) is 0 Å². The van der Waals surface area contributed by atoms with Crippen molar-refractivity contribution in [3.8, 4) is 0 Å². The van der Waals surface area contributed by atoms with Gasteiger partial charge in [-0.05, 0) is 104 Å². The number of fused-ring (bicyclic) bond motifs is 5. The van der Waals surface area contributed by atoms with E-state index >= 15 is 0 Å². The summed E-state index contributed by atoms with van der Waals surface area (Å²) >= 11 is 0. The molecule has 0 aromatic carbocycles. The molecule has 0 spiro atoms. The predicted molar refractivity (Wildman–Crippen MR) is 109 cm³/mol. The third-order valence-corrected chi connectivity index (χ3v) is 10.2. The smallest absolute Gasteiger partial charge is 0.303 e. The lowest BCUT2D eigenvalue weighted by atomic mass is 9.43. The zero-order chi connectivity index (χ0) is 20.3. The number of carboxylic acid groups (broad SMARTS) is 1. The van der Waals surface area contributed by atoms with Gasteiger partial charge < -0.3 is 15.3 Å². The molecule has 0 bridgehead atoms. The second-order valence-corrected chi connectivity index (χ2v) is 11.4. The van der Waals surface area contributed by atoms with Crippen molar-refractivity contribution in [2.45, 2.75) is 97.2 Å². The molecule has 4 nitrogen and oxygen atoms in total. The van der Waals surface area contributed by atoms with E-state index in [4.69, 9.17) is 5.11 Å². The first kappa shape index (κ1) is 20.7. The fourth-order valence-electron chi connectivity index (χ4n) is 8.73. The summed E-state index contributed by atoms with van der Waals surface area (Å²) in [5.74, 6) is 2.36. The molecule has 28 heavy (non-hydrogen) atoms. The van der Waals surface area contributed by atoms with Crippen LogP contribution in [0.5, 0.6) is 0 Å². The lowest BCUT2D eigenvalue weighted by Gasteiger charge is -2.62. The van der Waals surface area contributed by atoms with Gasteiger partial charge in [-0.2, -0.15) is 0 Å². The molecule has 0 radical (unpaired) electrons. The highest BCUT2D eigenvalue weighted by Gasteiger charge is 2.62. The van der Waals surface area contributed by atoms with E-state index in [0.717, 1.165) is 32.1 Å². The zero-order valence-corrected chi connectivity index (χ0v) is 17.9. The van der Waals surface area contributed by atoms with Gasteiger partial charge in [0.1, 0.15) is 0 Å². The topological polar surface area (TPSA) is 77.8 Å². The first-order valence-corrected chi connectivity index (χ1v) is 11.7. The van der Waals surface area contributed by atoms with Crippen LogP contribution in [0, 0.1) is 46.3 Å². The van der Waals surface area contributed by atoms with Crippen LogP contribution in [0.1, 0.15) is 85.0 Å². The van der Waals surface area contributed by atoms with Crippen LogP contribution >= 0.6 is 0 Å². The van der Waals surface area contributed by atoms with Crippen molar-refractivity contribution in [3.63, 3.8) is 0 Å². The average molecular weight is 393 g/mol. The fourth-order valence-corrected chi connectivity index (χ4v) is 8.73. The number of aliphatic hydroxyl groups excluding tert-OH is 2. The molecule has 3 N–H and O–H groups in total. The van der Waals surface area contributed by atoms with E-state index in [1.807, 2.05) is 0 Å². The highest BCUT2D eigenvalue weighted by Crippen LogP contribution is 2.68. The van der Waals surface area contributed by atoms with Crippen molar-refractivity contribution < 1.29 is 20.1 Å². The van der Waals surface area contributed by atoms with Crippen molar-refractivity contribution in [1.29, 1.82) is 0 Å². The predicted octanol–water partition coefficient (Wildman–Crippen LogP) is 4.48. The Labute approximate surface area is 170 Å². The molecule has 10 atom stereocenters. The monoisotopic (exact) mass is 392 g/mol. The standard InChI is InChI=1S/C24H40O4/c1-14(4-7-21(27)28)17-5-6-18-22-19(9-11-24(17,18)3)23(2)10-8-16(25)12-15(23)13-20(22)26/h14-20,22,25-26H,4-13H2,1-3H3,(H,27,28)/t14-,15+,16-,17-,18+,19+,20-,22?,23+,24-/m0/s1. The minimum atomic E-state index is -0.684. The van der Waals surface area contributed by atoms with E-state index < -0.39 is 5.97 Å². The van der Waals surface area contributed by atoms with E-state index in [2.05, 4.69) is 20.8 Å². The van der Waals surface area contributed by atoms with Crippen molar-refractivity contribution >= 4 is 5.97 Å². The van der Waals surface area contributed by atoms with Crippen LogP contribution in [-0.4, -0.2) is 33.5 Å². The van der Waals surface area contributed by atoms with Crippen LogP contribution in [0.2, 0.25) is 0 Å². The molecule has 4 rings (SSSR count). The number of hydrogen-bond donors (Lipinski definition) is 3. The summed E-state index contributed by atoms with van der Waals surface area (Å²) < 4.78 is 0. The molecule has 0 heterocycles. The Balaban J connectivity index is 1.55. The molecule has 4 heteroatoms. The first-order chi connectivity index (χ1) is 13.2. The van der Waals surface area contributed by atoms with Crippen LogP contribution in [0.15, 0.2) is 0 Å². The second-order valence-electron chi connectivity index (χ2n) is 11.4. The van der Waals surface area contributed by atoms with Gasteiger partial charge >= 0.3 is 5.97 Å². The van der Waals surface area contributed by atoms with Gasteiger partial charge in [-0.25, -0.2) is 0 Å². The van der Waals surface area contributed by atoms with Gasteiger partial charge in [0.25, 0.3) is 0 Å². The molecule has 160 valence electrons. The summed E-state index contributed by atoms with van der Waals surface area (Å²) in [5.41, 5.74) is 0.523. The molecule has 0 aliphatic heterocycles. The highest BCUT2D eigenvalue weighted by atomic mass is 16.4. The fraction of sp³-hybridized carbons (Fsp3) is 0.958. The van der Waals surface area contributed by atoms with E-state index in [9.17, 15) is 15.0 Å². The average Bonchev–Trinajstić information content (AvgIpc) is 2.98. The summed E-state index contributed by atoms with van der Waals surface area (Å²) in [6, 6.07) is 0. The minimum absolute atomic E-state index is 0.179. The molecule has 0 aromatic heterocycles. The van der Waals surface area contributed by atoms with Gasteiger partial charge in [0.05, 0.1) is 12.2 Å². The van der Waals surface area contributed by atoms with Crippen LogP contribution in [-0.2, 0) is 4.79 Å². The number of hydrogen-bond acceptors (Lipinski definition) is 3. The Hall–Kier alpha value is -0.610. The Bertz CT molecular complexity index is 605. The van der Waals surface area contributed by atoms with Crippen molar-refractivity contribution in [2.75, 3.05) is 0 Å². The molecular weight excluding hydrogens is 352 g/mol. The van der Waals surface area contributed by atoms with E-state index in [0.29, 0.717) is 35.5 Å². The van der Waals surface area contributed by atoms with Gasteiger partial charge in [-0.3, -0.25) is 4.79 Å². The largest absolute Gasteiger partial charge is 0.481 e. The van der Waals surface area contributed by atoms with Crippen LogP contribution in [0.4, 0.5) is 0 Å². The van der Waals surface area contributed by atoms with Gasteiger partial charge in [-0.1, -0.05) is 20.8 Å². The lowest BCUT2D eigenvalue weighted by Crippen LogP contribution is -2.58. The normalized spacial score (nSPS) is 51.7. The van der Waals surface area contributed by atoms with Crippen LogP contribution < -0.4 is 0 Å². The maximum absolute atomic E-state index is 11.2. The molecule has 4 fully saturated rings. The second kappa shape index (κ2) is 7.27. The summed E-state index contributed by atoms with van der Waals surface area (Å²) in [4.78, 5) is 11.1. The quantitative estimate of drug-likeness (QED) is 0.659. The Kier molecular flexibility index (Phi) is 5.36. The SMILES string of the molecule is C[C@@H](CCC(=O)O)[C@@H]1CC[C@@H]2C3[C@@H](CC[C@]21C)[C@]1(C)CC[C@H](O)C[C@@H]1C[C@@H]3O. The van der Waals surface area contributed by atoms with Gasteiger partial charge in [0.15, 0.2) is 0 Å². The Morgan fingerprint density at radius 1 is 1.00 bits per heavy atom. The Morgan fingerprint density at radius 2 is 1.68 bits per heavy atom. The molecule has 4 aliphatic rings. The lowest BCUT2D eigenvalue weighted by molar-refractivity contribution is -0.174. The van der Waals surface area contributed by atoms with E-state index in [-0.39, 0.29) is 29.5 Å². The summed E-state index contributed by atoms with van der Waals surface area (Å²) in [6.07, 6.45) is 9.19. The number of carboxylic acids is 1. The minimum Gasteiger partial charge on any atom is -0.481 e. The molecule has 4 aliphatic carbocycles. The van der Waals surface area contributed by atoms with Crippen LogP contribution in [0.25, 0.3) is 0 Å². The summed E-state index contributed by atoms with van der Waals surface area (Å²) in [5, 5.41) is 30.5. The summed E-state index contributed by atoms with van der Waals surface area (Å²) in [7, 11) is 0. The molecule has 0 amide bonds. The molecular formula is C24H40O4. The van der Waals surface area contributed by atoms with Gasteiger partial charge in [0, 0.05) is 6.42 Å². The van der Waals surface area contributed by atoms with E-state index in [1.54, 1.807) is 0 Å². The van der Waals surface area contributed by atoms with E-state index in [1.165, 1.54) is 25.7 Å². The summed E-state index contributed by atoms with van der Waals surface area (Å²) in [6.45, 7) is 7.16. The third kappa shape index (κ3) is 3.14. The molecule has 0 aromatic rings. The maximum Gasteiger partial charge on any atom is 0.303 e. The number of aliphatic carboxylic acids is 1. The van der Waals surface area contributed by atoms with Crippen molar-refractivity contribution in [2.24, 2.45) is 46.3 Å².